The third-order valence-electron chi connectivity index (χ3n) is 3.51. The molecular formula is C19H12ClNO4. The molecule has 0 saturated heterocycles. The molecule has 6 heteroatoms. The molecule has 0 N–H and O–H groups in total. The van der Waals surface area contributed by atoms with E-state index in [9.17, 15) is 14.9 Å². The van der Waals surface area contributed by atoms with Crippen molar-refractivity contribution in [1.82, 2.24) is 0 Å². The highest BCUT2D eigenvalue weighted by Crippen LogP contribution is 2.29. The van der Waals surface area contributed by atoms with Crippen molar-refractivity contribution in [3.05, 3.63) is 93.2 Å². The fourth-order valence-electron chi connectivity index (χ4n) is 2.27. The summed E-state index contributed by atoms with van der Waals surface area (Å²) in [6, 6.07) is 16.3. The minimum absolute atomic E-state index is 0.127. The number of carbonyl (C=O) groups is 1. The molecule has 0 fully saturated rings. The number of halogens is 1. The number of nitrogens with zero attached hydrogens (tertiary/aromatic N) is 1. The van der Waals surface area contributed by atoms with Gasteiger partial charge in [-0.25, -0.2) is 0 Å². The second-order valence-electron chi connectivity index (χ2n) is 5.19. The van der Waals surface area contributed by atoms with E-state index < -0.39 is 4.92 Å². The van der Waals surface area contributed by atoms with E-state index in [0.717, 1.165) is 5.56 Å². The summed E-state index contributed by atoms with van der Waals surface area (Å²) < 4.78 is 5.67. The van der Waals surface area contributed by atoms with Crippen LogP contribution in [0.25, 0.3) is 17.4 Å². The van der Waals surface area contributed by atoms with Crippen molar-refractivity contribution in [2.75, 3.05) is 0 Å². The number of nitro groups is 1. The van der Waals surface area contributed by atoms with E-state index in [1.54, 1.807) is 18.2 Å². The zero-order valence-corrected chi connectivity index (χ0v) is 13.6. The van der Waals surface area contributed by atoms with E-state index in [0.29, 0.717) is 16.5 Å². The van der Waals surface area contributed by atoms with Crippen molar-refractivity contribution in [3.63, 3.8) is 0 Å². The summed E-state index contributed by atoms with van der Waals surface area (Å²) >= 11 is 6.13. The van der Waals surface area contributed by atoms with Crippen LogP contribution in [-0.4, -0.2) is 10.7 Å². The molecule has 0 saturated carbocycles. The topological polar surface area (TPSA) is 73.3 Å². The van der Waals surface area contributed by atoms with Gasteiger partial charge in [-0.3, -0.25) is 14.9 Å². The normalized spacial score (nSPS) is 10.9. The Labute approximate surface area is 148 Å². The molecule has 2 aromatic carbocycles. The van der Waals surface area contributed by atoms with Crippen LogP contribution in [0.15, 0.2) is 71.2 Å². The second kappa shape index (κ2) is 7.15. The monoisotopic (exact) mass is 353 g/mol. The maximum Gasteiger partial charge on any atom is 0.270 e. The first kappa shape index (κ1) is 16.7. The fourth-order valence-corrected chi connectivity index (χ4v) is 2.50. The molecule has 1 aromatic heterocycles. The summed E-state index contributed by atoms with van der Waals surface area (Å²) in [4.78, 5) is 22.4. The number of benzene rings is 2. The lowest BCUT2D eigenvalue weighted by atomic mass is 10.1. The van der Waals surface area contributed by atoms with Crippen LogP contribution in [-0.2, 0) is 0 Å². The van der Waals surface area contributed by atoms with Gasteiger partial charge in [0, 0.05) is 23.3 Å². The third-order valence-corrected chi connectivity index (χ3v) is 3.84. The Hall–Kier alpha value is -3.18. The van der Waals surface area contributed by atoms with Crippen LogP contribution < -0.4 is 0 Å². The highest BCUT2D eigenvalue weighted by atomic mass is 35.5. The Balaban J connectivity index is 1.79. The lowest BCUT2D eigenvalue weighted by molar-refractivity contribution is -0.384. The molecule has 5 nitrogen and oxygen atoms in total. The first-order valence-electron chi connectivity index (χ1n) is 7.36. The third kappa shape index (κ3) is 3.84. The molecule has 0 aliphatic heterocycles. The van der Waals surface area contributed by atoms with E-state index in [1.165, 1.54) is 36.4 Å². The highest BCUT2D eigenvalue weighted by molar-refractivity contribution is 6.33. The predicted molar refractivity (Wildman–Crippen MR) is 95.6 cm³/mol. The van der Waals surface area contributed by atoms with Crippen molar-refractivity contribution in [2.24, 2.45) is 0 Å². The molecule has 0 aliphatic rings. The van der Waals surface area contributed by atoms with Crippen LogP contribution in [0.1, 0.15) is 16.1 Å². The number of non-ortho nitro benzene ring substituents is 1. The molecule has 0 aliphatic carbocycles. The Bertz CT molecular complexity index is 975. The van der Waals surface area contributed by atoms with E-state index in [1.807, 2.05) is 18.2 Å². The van der Waals surface area contributed by atoms with Gasteiger partial charge in [0.15, 0.2) is 5.78 Å². The number of carbonyl (C=O) groups excluding carboxylic acids is 1. The van der Waals surface area contributed by atoms with Crippen LogP contribution in [0.5, 0.6) is 0 Å². The minimum Gasteiger partial charge on any atom is -0.457 e. The maximum atomic E-state index is 12.2. The van der Waals surface area contributed by atoms with Crippen LogP contribution in [0.3, 0.4) is 0 Å². The summed E-state index contributed by atoms with van der Waals surface area (Å²) in [6.07, 6.45) is 2.83. The molecule has 3 rings (SSSR count). The molecule has 124 valence electrons. The number of ketones is 1. The number of allylic oxidation sites excluding steroid dienone is 1. The first-order valence-corrected chi connectivity index (χ1v) is 7.74. The largest absolute Gasteiger partial charge is 0.457 e. The van der Waals surface area contributed by atoms with Gasteiger partial charge < -0.3 is 4.42 Å². The van der Waals surface area contributed by atoms with Crippen molar-refractivity contribution in [2.45, 2.75) is 0 Å². The van der Waals surface area contributed by atoms with Crippen molar-refractivity contribution < 1.29 is 14.1 Å². The summed E-state index contributed by atoms with van der Waals surface area (Å²) in [5.74, 6) is 0.723. The van der Waals surface area contributed by atoms with E-state index in [2.05, 4.69) is 0 Å². The average Bonchev–Trinajstić information content (AvgIpc) is 3.09. The number of nitro benzene ring substituents is 1. The van der Waals surface area contributed by atoms with Gasteiger partial charge in [0.1, 0.15) is 11.5 Å². The molecule has 0 atom stereocenters. The smallest absolute Gasteiger partial charge is 0.270 e. The molecule has 0 spiro atoms. The molecule has 3 aromatic rings. The molecule has 25 heavy (non-hydrogen) atoms. The molecule has 1 heterocycles. The molecule has 0 bridgehead atoms. The molecule has 0 unspecified atom stereocenters. The van der Waals surface area contributed by atoms with E-state index in [-0.39, 0.29) is 17.0 Å². The van der Waals surface area contributed by atoms with Crippen LogP contribution in [0, 0.1) is 10.1 Å². The molecular weight excluding hydrogens is 342 g/mol. The summed E-state index contributed by atoms with van der Waals surface area (Å²) in [6.45, 7) is 0. The van der Waals surface area contributed by atoms with Crippen LogP contribution in [0.2, 0.25) is 5.02 Å². The Morgan fingerprint density at radius 1 is 1.08 bits per heavy atom. The Morgan fingerprint density at radius 3 is 2.64 bits per heavy atom. The maximum absolute atomic E-state index is 12.2. The molecule has 0 radical (unpaired) electrons. The zero-order chi connectivity index (χ0) is 17.8. The number of hydrogen-bond acceptors (Lipinski definition) is 4. The van der Waals surface area contributed by atoms with Crippen molar-refractivity contribution in [3.8, 4) is 11.3 Å². The number of rotatable bonds is 5. The van der Waals surface area contributed by atoms with Gasteiger partial charge >= 0.3 is 0 Å². The average molecular weight is 354 g/mol. The van der Waals surface area contributed by atoms with E-state index >= 15 is 0 Å². The number of hydrogen-bond donors (Lipinski definition) is 0. The fraction of sp³-hybridized carbons (Fsp3) is 0. The van der Waals surface area contributed by atoms with Gasteiger partial charge in [-0.15, -0.1) is 0 Å². The lowest BCUT2D eigenvalue weighted by Gasteiger charge is -1.99. The number of furan rings is 1. The quantitative estimate of drug-likeness (QED) is 0.266. The van der Waals surface area contributed by atoms with Crippen LogP contribution >= 0.6 is 11.6 Å². The van der Waals surface area contributed by atoms with Gasteiger partial charge in [-0.1, -0.05) is 35.9 Å². The lowest BCUT2D eigenvalue weighted by Crippen LogP contribution is -1.96. The van der Waals surface area contributed by atoms with Gasteiger partial charge in [-0.05, 0) is 36.4 Å². The second-order valence-corrected chi connectivity index (χ2v) is 5.59. The van der Waals surface area contributed by atoms with Gasteiger partial charge in [-0.2, -0.15) is 0 Å². The Morgan fingerprint density at radius 2 is 1.88 bits per heavy atom. The highest BCUT2D eigenvalue weighted by Gasteiger charge is 2.10. The van der Waals surface area contributed by atoms with Crippen molar-refractivity contribution >= 4 is 29.1 Å². The summed E-state index contributed by atoms with van der Waals surface area (Å²) in [5, 5.41) is 11.3. The summed E-state index contributed by atoms with van der Waals surface area (Å²) in [7, 11) is 0. The Kier molecular flexibility index (Phi) is 4.77. The minimum atomic E-state index is -0.539. The van der Waals surface area contributed by atoms with E-state index in [4.69, 9.17) is 16.0 Å². The summed E-state index contributed by atoms with van der Waals surface area (Å²) in [5.41, 5.74) is 0.871. The van der Waals surface area contributed by atoms with Crippen molar-refractivity contribution in [1.29, 1.82) is 0 Å². The van der Waals surface area contributed by atoms with Crippen LogP contribution in [0.4, 0.5) is 5.69 Å². The standard InChI is InChI=1S/C19H12ClNO4/c20-17-7-2-1-6-16(17)19-11-9-15(25-19)8-10-18(22)13-4-3-5-14(12-13)21(23)24/h1-12H. The van der Waals surface area contributed by atoms with Gasteiger partial charge in [0.05, 0.1) is 9.95 Å². The zero-order valence-electron chi connectivity index (χ0n) is 12.9. The predicted octanol–water partition coefficient (Wildman–Crippen LogP) is 5.40. The van der Waals surface area contributed by atoms with Gasteiger partial charge in [0.2, 0.25) is 0 Å². The van der Waals surface area contributed by atoms with Gasteiger partial charge in [0.25, 0.3) is 5.69 Å². The molecule has 0 amide bonds. The first-order chi connectivity index (χ1) is 12.0. The SMILES string of the molecule is O=C(C=Cc1ccc(-c2ccccc2Cl)o1)c1cccc([N+](=O)[O-])c1.